The van der Waals surface area contributed by atoms with Crippen LogP contribution in [0.5, 0.6) is 0 Å². The van der Waals surface area contributed by atoms with E-state index in [0.29, 0.717) is 0 Å². The second-order valence-electron chi connectivity index (χ2n) is 3.53. The van der Waals surface area contributed by atoms with Gasteiger partial charge in [0.2, 0.25) is 0 Å². The fraction of sp³-hybridized carbons (Fsp3) is 0.583. The first-order chi connectivity index (χ1) is 6.20. The average Bonchev–Trinajstić information content (AvgIpc) is 2.04. The van der Waals surface area contributed by atoms with Crippen LogP contribution in [0.15, 0.2) is 28.8 Å². The Hall–Kier alpha value is -0.850. The monoisotopic (exact) mass is 179 g/mol. The molecule has 0 unspecified atom stereocenters. The summed E-state index contributed by atoms with van der Waals surface area (Å²) in [6.07, 6.45) is 10.7. The summed E-state index contributed by atoms with van der Waals surface area (Å²) in [6.45, 7) is 6.59. The van der Waals surface area contributed by atoms with Gasteiger partial charge in [-0.1, -0.05) is 39.0 Å². The highest BCUT2D eigenvalue weighted by atomic mass is 14.6. The van der Waals surface area contributed by atoms with Crippen LogP contribution < -0.4 is 0 Å². The molecule has 0 N–H and O–H groups in total. The molecule has 0 saturated heterocycles. The largest absolute Gasteiger partial charge is 0.296 e. The summed E-state index contributed by atoms with van der Waals surface area (Å²) in [5.41, 5.74) is 1.21. The third-order valence-corrected chi connectivity index (χ3v) is 1.64. The number of allylic oxidation sites excluding steroid dienone is 4. The quantitative estimate of drug-likeness (QED) is 0.451. The molecular weight excluding hydrogens is 158 g/mol. The maximum atomic E-state index is 4.01. The van der Waals surface area contributed by atoms with Gasteiger partial charge in [-0.3, -0.25) is 4.99 Å². The first-order valence-corrected chi connectivity index (χ1v) is 4.99. The lowest BCUT2D eigenvalue weighted by atomic mass is 10.1. The molecule has 0 aliphatic carbocycles. The first-order valence-electron chi connectivity index (χ1n) is 4.99. The summed E-state index contributed by atoms with van der Waals surface area (Å²) < 4.78 is 0. The first kappa shape index (κ1) is 12.2. The van der Waals surface area contributed by atoms with Crippen molar-refractivity contribution in [2.75, 3.05) is 7.05 Å². The maximum Gasteiger partial charge on any atom is 0.0278 e. The Morgan fingerprint density at radius 2 is 2.08 bits per heavy atom. The predicted molar refractivity (Wildman–Crippen MR) is 61.4 cm³/mol. The molecule has 0 atom stereocenters. The molecule has 13 heavy (non-hydrogen) atoms. The van der Waals surface area contributed by atoms with Crippen molar-refractivity contribution in [1.29, 1.82) is 0 Å². The normalized spacial score (nSPS) is 13.8. The van der Waals surface area contributed by atoms with Gasteiger partial charge in [0.25, 0.3) is 0 Å². The summed E-state index contributed by atoms with van der Waals surface area (Å²) >= 11 is 0. The van der Waals surface area contributed by atoms with Gasteiger partial charge in [0.05, 0.1) is 0 Å². The molecule has 1 nitrogen and oxygen atoms in total. The minimum absolute atomic E-state index is 0.734. The van der Waals surface area contributed by atoms with Crippen LogP contribution in [0.2, 0.25) is 0 Å². The Morgan fingerprint density at radius 3 is 2.54 bits per heavy atom. The lowest BCUT2D eigenvalue weighted by Gasteiger charge is -1.97. The van der Waals surface area contributed by atoms with Gasteiger partial charge in [0.15, 0.2) is 0 Å². The van der Waals surface area contributed by atoms with Crippen LogP contribution in [-0.2, 0) is 0 Å². The van der Waals surface area contributed by atoms with Crippen LogP contribution >= 0.6 is 0 Å². The SMILES string of the molecule is CC/C=C(C=NC)\C=C/CC(C)C. The van der Waals surface area contributed by atoms with Crippen LogP contribution in [0.1, 0.15) is 33.6 Å². The zero-order valence-electron chi connectivity index (χ0n) is 9.25. The van der Waals surface area contributed by atoms with Crippen LogP contribution in [0.3, 0.4) is 0 Å². The Balaban J connectivity index is 4.10. The van der Waals surface area contributed by atoms with Crippen molar-refractivity contribution in [3.8, 4) is 0 Å². The van der Waals surface area contributed by atoms with E-state index in [1.54, 1.807) is 7.05 Å². The average molecular weight is 179 g/mol. The lowest BCUT2D eigenvalue weighted by Crippen LogP contribution is -1.84. The smallest absolute Gasteiger partial charge is 0.0278 e. The van der Waals surface area contributed by atoms with Gasteiger partial charge >= 0.3 is 0 Å². The second-order valence-corrected chi connectivity index (χ2v) is 3.53. The molecule has 0 aromatic heterocycles. The highest BCUT2D eigenvalue weighted by Crippen LogP contribution is 2.03. The number of hydrogen-bond acceptors (Lipinski definition) is 1. The molecule has 0 saturated carbocycles. The summed E-state index contributed by atoms with van der Waals surface area (Å²) in [5.74, 6) is 0.734. The summed E-state index contributed by atoms with van der Waals surface area (Å²) in [5, 5.41) is 0. The van der Waals surface area contributed by atoms with Crippen LogP contribution in [0.25, 0.3) is 0 Å². The van der Waals surface area contributed by atoms with Gasteiger partial charge < -0.3 is 0 Å². The van der Waals surface area contributed by atoms with E-state index in [2.05, 4.69) is 44.0 Å². The molecule has 0 aliphatic heterocycles. The molecule has 1 heteroatoms. The summed E-state index contributed by atoms with van der Waals surface area (Å²) in [7, 11) is 1.81. The number of aliphatic imine (C=N–C) groups is 1. The minimum atomic E-state index is 0.734. The molecule has 0 aromatic rings. The lowest BCUT2D eigenvalue weighted by molar-refractivity contribution is 0.664. The standard InChI is InChI=1S/C12H21N/c1-5-7-12(10-13-4)9-6-8-11(2)3/h6-7,9-11H,5,8H2,1-4H3/b9-6-,12-7+,13-10?. The van der Waals surface area contributed by atoms with Gasteiger partial charge in [0.1, 0.15) is 0 Å². The Morgan fingerprint density at radius 1 is 1.38 bits per heavy atom. The van der Waals surface area contributed by atoms with Gasteiger partial charge in [-0.2, -0.15) is 0 Å². The van der Waals surface area contributed by atoms with Gasteiger partial charge in [0, 0.05) is 13.3 Å². The van der Waals surface area contributed by atoms with E-state index < -0.39 is 0 Å². The molecule has 0 amide bonds. The Kier molecular flexibility index (Phi) is 7.27. The van der Waals surface area contributed by atoms with Crippen molar-refractivity contribution in [3.63, 3.8) is 0 Å². The van der Waals surface area contributed by atoms with Crippen molar-refractivity contribution in [2.24, 2.45) is 10.9 Å². The fourth-order valence-corrected chi connectivity index (χ4v) is 1.02. The maximum absolute atomic E-state index is 4.01. The zero-order valence-corrected chi connectivity index (χ0v) is 9.25. The summed E-state index contributed by atoms with van der Waals surface area (Å²) in [4.78, 5) is 4.01. The molecule has 0 spiro atoms. The van der Waals surface area contributed by atoms with E-state index in [1.807, 2.05) is 6.21 Å². The van der Waals surface area contributed by atoms with E-state index >= 15 is 0 Å². The molecule has 0 heterocycles. The molecule has 0 bridgehead atoms. The molecule has 0 aromatic carbocycles. The summed E-state index contributed by atoms with van der Waals surface area (Å²) in [6, 6.07) is 0. The van der Waals surface area contributed by atoms with Crippen molar-refractivity contribution in [2.45, 2.75) is 33.6 Å². The van der Waals surface area contributed by atoms with Gasteiger partial charge in [-0.15, -0.1) is 0 Å². The number of rotatable bonds is 5. The third kappa shape index (κ3) is 7.51. The van der Waals surface area contributed by atoms with Crippen molar-refractivity contribution in [1.82, 2.24) is 0 Å². The van der Waals surface area contributed by atoms with Crippen LogP contribution in [-0.4, -0.2) is 13.3 Å². The van der Waals surface area contributed by atoms with Crippen molar-refractivity contribution < 1.29 is 0 Å². The van der Waals surface area contributed by atoms with E-state index in [4.69, 9.17) is 0 Å². The zero-order chi connectivity index (χ0) is 10.1. The molecule has 0 aliphatic rings. The van der Waals surface area contributed by atoms with E-state index in [1.165, 1.54) is 5.57 Å². The molecule has 74 valence electrons. The van der Waals surface area contributed by atoms with Crippen molar-refractivity contribution >= 4 is 6.21 Å². The highest BCUT2D eigenvalue weighted by molar-refractivity contribution is 5.81. The minimum Gasteiger partial charge on any atom is -0.296 e. The van der Waals surface area contributed by atoms with E-state index in [-0.39, 0.29) is 0 Å². The topological polar surface area (TPSA) is 12.4 Å². The highest BCUT2D eigenvalue weighted by Gasteiger charge is 1.88. The third-order valence-electron chi connectivity index (χ3n) is 1.64. The predicted octanol–water partition coefficient (Wildman–Crippen LogP) is 3.63. The van der Waals surface area contributed by atoms with Crippen LogP contribution in [0, 0.1) is 5.92 Å². The Labute approximate surface area is 82.3 Å². The van der Waals surface area contributed by atoms with Gasteiger partial charge in [-0.05, 0) is 24.3 Å². The van der Waals surface area contributed by atoms with E-state index in [9.17, 15) is 0 Å². The van der Waals surface area contributed by atoms with E-state index in [0.717, 1.165) is 18.8 Å². The second kappa shape index (κ2) is 7.78. The number of hydrogen-bond donors (Lipinski definition) is 0. The molecule has 0 fully saturated rings. The molecule has 0 rings (SSSR count). The van der Waals surface area contributed by atoms with Crippen molar-refractivity contribution in [3.05, 3.63) is 23.8 Å². The Bertz CT molecular complexity index is 197. The molecular formula is C12H21N. The fourth-order valence-electron chi connectivity index (χ4n) is 1.02. The molecule has 0 radical (unpaired) electrons. The van der Waals surface area contributed by atoms with Crippen LogP contribution in [0.4, 0.5) is 0 Å². The number of nitrogens with zero attached hydrogens (tertiary/aromatic N) is 1. The van der Waals surface area contributed by atoms with Gasteiger partial charge in [-0.25, -0.2) is 0 Å².